The Bertz CT molecular complexity index is 2940. The third-order valence-corrected chi connectivity index (χ3v) is 14.2. The molecule has 0 saturated carbocycles. The maximum Gasteiger partial charge on any atom is 0.318 e. The molecule has 0 radical (unpaired) electrons. The van der Waals surface area contributed by atoms with Crippen molar-refractivity contribution in [2.24, 2.45) is 28.1 Å². The number of hydrogen-bond donors (Lipinski definition) is 12. The van der Waals surface area contributed by atoms with E-state index in [1.807, 2.05) is 42.5 Å². The first kappa shape index (κ1) is 63.5. The van der Waals surface area contributed by atoms with Gasteiger partial charge >= 0.3 is 6.03 Å². The van der Waals surface area contributed by atoms with Gasteiger partial charge in [-0.15, -0.1) is 0 Å². The molecule has 6 rings (SSSR count). The predicted molar refractivity (Wildman–Crippen MR) is 306 cm³/mol. The van der Waals surface area contributed by atoms with Gasteiger partial charge in [0.25, 0.3) is 0 Å². The number of hydrogen-bond acceptors (Lipinski definition) is 15. The highest BCUT2D eigenvalue weighted by molar-refractivity contribution is 6.08. The summed E-state index contributed by atoms with van der Waals surface area (Å²) in [6.45, 7) is 4.17. The summed E-state index contributed by atoms with van der Waals surface area (Å²) >= 11 is 0. The number of likely N-dealkylation sites (tertiary alicyclic amines) is 1. The number of carbonyl (C=O) groups is 9. The minimum absolute atomic E-state index is 0.0147. The number of guanidine groups is 1. The van der Waals surface area contributed by atoms with Crippen LogP contribution >= 0.6 is 0 Å². The van der Waals surface area contributed by atoms with Crippen LogP contribution in [0.2, 0.25) is 0 Å². The first-order chi connectivity index (χ1) is 39.7. The van der Waals surface area contributed by atoms with Gasteiger partial charge in [0.05, 0.1) is 38.3 Å². The van der Waals surface area contributed by atoms with E-state index in [0.717, 1.165) is 10.8 Å². The molecule has 0 bridgehead atoms. The summed E-state index contributed by atoms with van der Waals surface area (Å²) in [7, 11) is 0. The molecule has 15 N–H and O–H groups in total. The van der Waals surface area contributed by atoms with Crippen LogP contribution < -0.4 is 49.1 Å². The number of amides is 9. The van der Waals surface area contributed by atoms with Gasteiger partial charge in [-0.05, 0) is 89.8 Å². The monoisotopic (exact) mass is 1150 g/mol. The van der Waals surface area contributed by atoms with E-state index in [0.29, 0.717) is 42.7 Å². The molecule has 25 nitrogen and oxygen atoms in total. The van der Waals surface area contributed by atoms with Crippen LogP contribution in [0, 0.1) is 5.92 Å². The smallest absolute Gasteiger partial charge is 0.318 e. The van der Waals surface area contributed by atoms with Crippen molar-refractivity contribution >= 4 is 69.9 Å². The van der Waals surface area contributed by atoms with Crippen LogP contribution in [0.25, 0.3) is 10.8 Å². The van der Waals surface area contributed by atoms with E-state index in [-0.39, 0.29) is 88.1 Å². The minimum Gasteiger partial charge on any atom is -0.508 e. The van der Waals surface area contributed by atoms with Crippen molar-refractivity contribution < 1.29 is 63.2 Å². The van der Waals surface area contributed by atoms with E-state index in [4.69, 9.17) is 21.9 Å². The summed E-state index contributed by atoms with van der Waals surface area (Å²) in [5.41, 5.74) is 18.5. The molecule has 2 aliphatic rings. The quantitative estimate of drug-likeness (QED) is 0.0157. The molecular formula is C58H76N12O13. The second-order valence-corrected chi connectivity index (χ2v) is 21.0. The van der Waals surface area contributed by atoms with E-state index in [1.165, 1.54) is 58.3 Å². The number of ether oxygens (including phenoxy) is 1. The molecule has 4 aromatic rings. The number of ketones is 1. The Morgan fingerprint density at radius 1 is 0.663 bits per heavy atom. The van der Waals surface area contributed by atoms with E-state index in [2.05, 4.69) is 36.9 Å². The largest absolute Gasteiger partial charge is 0.508 e. The van der Waals surface area contributed by atoms with Crippen molar-refractivity contribution in [2.45, 2.75) is 114 Å². The van der Waals surface area contributed by atoms with Gasteiger partial charge in [-0.1, -0.05) is 80.6 Å². The molecule has 0 aromatic heterocycles. The summed E-state index contributed by atoms with van der Waals surface area (Å²) in [4.78, 5) is 132. The lowest BCUT2D eigenvalue weighted by molar-refractivity contribution is -0.141. The van der Waals surface area contributed by atoms with E-state index in [1.54, 1.807) is 13.8 Å². The minimum atomic E-state index is -1.69. The van der Waals surface area contributed by atoms with Crippen LogP contribution in [0.1, 0.15) is 69.1 Å². The number of Topliss-reactive ketones (excluding diaryl/α,β-unsaturated/α-hetero) is 1. The number of rotatable bonds is 27. The Labute approximate surface area is 480 Å². The molecule has 2 aliphatic heterocycles. The fraction of sp³-hybridized carbons (Fsp3) is 0.448. The zero-order valence-corrected chi connectivity index (χ0v) is 46.6. The standard InChI is InChI=1S/C58H76N12O13/c1-34(2)28-43(54(79)68-50(75)32-49(74)48-13-7-23-70(48)56(81)42(59)12-6-22-62-57(60)61)63-51(76)44(29-35-14-18-39(72)19-15-35)64-52(77)45(30-36-16-20-40(73)21-17-36)65-55(80)47(33-71)66-53(78)46(67-58(82)69-24-26-83-27-25-69)31-38-10-5-9-37-8-3-4-11-41(37)38/h3-5,8-11,14-21,34,42-48,71-73H,6-7,12-13,22-33,59H2,1-2H3,(H,63,76)(H,64,77)(H,65,80)(H,66,78)(H,67,82)(H4,60,61,62)(H,68,75,79)/t42-,43-,44+,45-,46-,47-,48-/m0/s1. The first-order valence-corrected chi connectivity index (χ1v) is 27.6. The molecule has 2 saturated heterocycles. The lowest BCUT2D eigenvalue weighted by Gasteiger charge is -2.30. The average molecular weight is 1150 g/mol. The second-order valence-electron chi connectivity index (χ2n) is 21.0. The van der Waals surface area contributed by atoms with Crippen LogP contribution in [0.5, 0.6) is 11.5 Å². The predicted octanol–water partition coefficient (Wildman–Crippen LogP) is -0.359. The number of aliphatic hydroxyl groups is 1. The molecule has 4 aromatic carbocycles. The van der Waals surface area contributed by atoms with Crippen LogP contribution in [-0.4, -0.2) is 173 Å². The number of aliphatic imine (C=N–C) groups is 1. The van der Waals surface area contributed by atoms with Crippen molar-refractivity contribution in [1.82, 2.24) is 41.7 Å². The van der Waals surface area contributed by atoms with Gasteiger partial charge in [-0.3, -0.25) is 48.7 Å². The van der Waals surface area contributed by atoms with Crippen molar-refractivity contribution in [3.63, 3.8) is 0 Å². The van der Waals surface area contributed by atoms with Crippen LogP contribution in [0.3, 0.4) is 0 Å². The van der Waals surface area contributed by atoms with Gasteiger partial charge < -0.3 is 73.6 Å². The molecule has 0 spiro atoms. The van der Waals surface area contributed by atoms with Gasteiger partial charge in [0.1, 0.15) is 41.7 Å². The number of phenolic OH excluding ortho intramolecular Hbond substituents is 2. The first-order valence-electron chi connectivity index (χ1n) is 27.6. The number of phenols is 2. The number of aliphatic hydroxyl groups excluding tert-OH is 1. The highest BCUT2D eigenvalue weighted by atomic mass is 16.5. The number of carbonyl (C=O) groups excluding carboxylic acids is 9. The molecule has 25 heteroatoms. The highest BCUT2D eigenvalue weighted by Crippen LogP contribution is 2.23. The second kappa shape index (κ2) is 30.9. The maximum absolute atomic E-state index is 14.7. The van der Waals surface area contributed by atoms with Gasteiger partial charge in [0, 0.05) is 45.4 Å². The number of imide groups is 1. The Balaban J connectivity index is 1.18. The van der Waals surface area contributed by atoms with E-state index in [9.17, 15) is 58.5 Å². The van der Waals surface area contributed by atoms with Crippen molar-refractivity contribution in [1.29, 1.82) is 0 Å². The number of nitrogens with one attached hydrogen (secondary N) is 6. The summed E-state index contributed by atoms with van der Waals surface area (Å²) in [6.07, 6.45) is 0.108. The third kappa shape index (κ3) is 19.2. The molecule has 0 aliphatic carbocycles. The summed E-state index contributed by atoms with van der Waals surface area (Å²) in [5.74, 6) is -7.28. The molecule has 2 heterocycles. The highest BCUT2D eigenvalue weighted by Gasteiger charge is 2.38. The number of benzene rings is 4. The lowest BCUT2D eigenvalue weighted by atomic mass is 9.98. The Hall–Kier alpha value is -8.68. The van der Waals surface area contributed by atoms with Gasteiger partial charge in [0.15, 0.2) is 11.7 Å². The zero-order valence-electron chi connectivity index (χ0n) is 46.6. The molecule has 9 amide bonds. The average Bonchev–Trinajstić information content (AvgIpc) is 4.22. The molecule has 2 fully saturated rings. The number of urea groups is 1. The topological polar surface area (TPSA) is 393 Å². The lowest BCUT2D eigenvalue weighted by Crippen LogP contribution is -2.61. The Morgan fingerprint density at radius 3 is 1.78 bits per heavy atom. The van der Waals surface area contributed by atoms with Crippen LogP contribution in [0.15, 0.2) is 96.0 Å². The number of morpholine rings is 1. The fourth-order valence-corrected chi connectivity index (χ4v) is 9.81. The van der Waals surface area contributed by atoms with Crippen molar-refractivity contribution in [2.75, 3.05) is 46.0 Å². The molecular weight excluding hydrogens is 1070 g/mol. The van der Waals surface area contributed by atoms with Gasteiger partial charge in [-0.2, -0.15) is 0 Å². The van der Waals surface area contributed by atoms with Gasteiger partial charge in [-0.25, -0.2) is 4.79 Å². The van der Waals surface area contributed by atoms with Crippen molar-refractivity contribution in [3.05, 3.63) is 108 Å². The third-order valence-electron chi connectivity index (χ3n) is 14.2. The van der Waals surface area contributed by atoms with Crippen LogP contribution in [0.4, 0.5) is 4.79 Å². The molecule has 446 valence electrons. The Morgan fingerprint density at radius 2 is 1.20 bits per heavy atom. The molecule has 83 heavy (non-hydrogen) atoms. The summed E-state index contributed by atoms with van der Waals surface area (Å²) in [6, 6.07) is 14.6. The van der Waals surface area contributed by atoms with Gasteiger partial charge in [0.2, 0.25) is 41.4 Å². The molecule has 0 unspecified atom stereocenters. The number of nitrogens with two attached hydrogens (primary N) is 3. The van der Waals surface area contributed by atoms with Crippen LogP contribution in [-0.2, 0) is 62.4 Å². The van der Waals surface area contributed by atoms with Crippen molar-refractivity contribution in [3.8, 4) is 11.5 Å². The number of nitrogens with zero attached hydrogens (tertiary/aromatic N) is 3. The van der Waals surface area contributed by atoms with E-state index >= 15 is 0 Å². The maximum atomic E-state index is 14.7. The Kier molecular flexibility index (Phi) is 23.7. The molecule has 7 atom stereocenters. The number of fused-ring (bicyclic) bond motifs is 1. The fourth-order valence-electron chi connectivity index (χ4n) is 9.81. The summed E-state index contributed by atoms with van der Waals surface area (Å²) < 4.78 is 5.40. The normalized spacial score (nSPS) is 16.3. The zero-order chi connectivity index (χ0) is 60.2. The number of aromatic hydroxyl groups is 2. The SMILES string of the molecule is CC(C)C[C@H](NC(=O)[C@@H](Cc1ccc(O)cc1)NC(=O)[C@H](Cc1ccc(O)cc1)NC(=O)[C@H](CO)NC(=O)[C@H](Cc1cccc2ccccc12)NC(=O)N1CCOCC1)C(=O)NC(=O)CC(=O)[C@@H]1CCCN1C(=O)[C@@H](N)CCCN=C(N)N. The summed E-state index contributed by atoms with van der Waals surface area (Å²) in [5, 5.41) is 48.0. The van der Waals surface area contributed by atoms with E-state index < -0.39 is 108 Å².